The van der Waals surface area contributed by atoms with Crippen LogP contribution in [-0.2, 0) is 0 Å². The summed E-state index contributed by atoms with van der Waals surface area (Å²) in [6.07, 6.45) is 1.80. The lowest BCUT2D eigenvalue weighted by molar-refractivity contribution is 0.567. The molecule has 0 radical (unpaired) electrons. The van der Waals surface area contributed by atoms with E-state index in [2.05, 4.69) is 48.2 Å². The first kappa shape index (κ1) is 10.3. The van der Waals surface area contributed by atoms with Gasteiger partial charge in [0.25, 0.3) is 0 Å². The first-order valence-corrected chi connectivity index (χ1v) is 5.46. The Hall–Kier alpha value is -1.22. The van der Waals surface area contributed by atoms with Crippen molar-refractivity contribution >= 4 is 12.6 Å². The molecule has 2 aromatic rings. The maximum atomic E-state index is 4.41. The second kappa shape index (κ2) is 4.11. The van der Waals surface area contributed by atoms with Gasteiger partial charge in [0.2, 0.25) is 0 Å². The van der Waals surface area contributed by atoms with Crippen LogP contribution in [-0.4, -0.2) is 9.55 Å². The molecule has 0 atom stereocenters. The van der Waals surface area contributed by atoms with Gasteiger partial charge in [-0.05, 0) is 13.8 Å². The van der Waals surface area contributed by atoms with Gasteiger partial charge in [-0.25, -0.2) is 4.98 Å². The fourth-order valence-corrected chi connectivity index (χ4v) is 2.05. The van der Waals surface area contributed by atoms with Gasteiger partial charge >= 0.3 is 0 Å². The summed E-state index contributed by atoms with van der Waals surface area (Å²) in [5, 5.41) is 0.906. The van der Waals surface area contributed by atoms with Crippen molar-refractivity contribution in [2.75, 3.05) is 0 Å². The molecule has 0 aliphatic carbocycles. The summed E-state index contributed by atoms with van der Waals surface area (Å²) in [5.41, 5.74) is 1.13. The summed E-state index contributed by atoms with van der Waals surface area (Å²) >= 11 is 4.41. The third-order valence-corrected chi connectivity index (χ3v) is 2.66. The highest BCUT2D eigenvalue weighted by atomic mass is 32.1. The van der Waals surface area contributed by atoms with Crippen LogP contribution in [0.4, 0.5) is 0 Å². The first-order valence-electron chi connectivity index (χ1n) is 5.01. The van der Waals surface area contributed by atoms with Crippen LogP contribution in [0.2, 0.25) is 0 Å². The standard InChI is InChI=1S/C12H14N2S/c1-9(2)14-11(15)8-13-12(14)10-6-4-3-5-7-10/h3-9,15H,1-2H3. The van der Waals surface area contributed by atoms with E-state index in [1.54, 1.807) is 6.20 Å². The van der Waals surface area contributed by atoms with Crippen LogP contribution in [0.5, 0.6) is 0 Å². The number of imidazole rings is 1. The van der Waals surface area contributed by atoms with E-state index < -0.39 is 0 Å². The van der Waals surface area contributed by atoms with Gasteiger partial charge in [-0.1, -0.05) is 30.3 Å². The number of rotatable bonds is 2. The van der Waals surface area contributed by atoms with E-state index in [9.17, 15) is 0 Å². The minimum atomic E-state index is 0.371. The van der Waals surface area contributed by atoms with E-state index in [1.807, 2.05) is 18.2 Å². The third kappa shape index (κ3) is 1.92. The predicted octanol–water partition coefficient (Wildman–Crippen LogP) is 3.42. The lowest BCUT2D eigenvalue weighted by Gasteiger charge is -2.13. The molecular formula is C12H14N2S. The SMILES string of the molecule is CC(C)n1c(S)cnc1-c1ccccc1. The van der Waals surface area contributed by atoms with E-state index >= 15 is 0 Å². The van der Waals surface area contributed by atoms with E-state index in [1.165, 1.54) is 0 Å². The molecule has 0 unspecified atom stereocenters. The molecule has 1 aromatic carbocycles. The number of thiol groups is 1. The molecule has 0 N–H and O–H groups in total. The Labute approximate surface area is 95.4 Å². The summed E-state index contributed by atoms with van der Waals surface area (Å²) in [6.45, 7) is 4.27. The van der Waals surface area contributed by atoms with Crippen molar-refractivity contribution < 1.29 is 0 Å². The summed E-state index contributed by atoms with van der Waals surface area (Å²) in [6, 6.07) is 10.5. The second-order valence-corrected chi connectivity index (χ2v) is 4.23. The molecular weight excluding hydrogens is 204 g/mol. The molecule has 15 heavy (non-hydrogen) atoms. The molecule has 1 heterocycles. The average Bonchev–Trinajstić information content (AvgIpc) is 2.61. The Bertz CT molecular complexity index is 446. The zero-order chi connectivity index (χ0) is 10.8. The highest BCUT2D eigenvalue weighted by Crippen LogP contribution is 2.24. The van der Waals surface area contributed by atoms with Gasteiger partial charge in [0.05, 0.1) is 11.2 Å². The lowest BCUT2D eigenvalue weighted by Crippen LogP contribution is -2.03. The number of hydrogen-bond acceptors (Lipinski definition) is 2. The Morgan fingerprint density at radius 2 is 1.87 bits per heavy atom. The Morgan fingerprint density at radius 3 is 2.47 bits per heavy atom. The molecule has 0 fully saturated rings. The van der Waals surface area contributed by atoms with Crippen LogP contribution in [0.15, 0.2) is 41.6 Å². The van der Waals surface area contributed by atoms with Gasteiger partial charge in [0.15, 0.2) is 0 Å². The van der Waals surface area contributed by atoms with Gasteiger partial charge in [-0.2, -0.15) is 0 Å². The van der Waals surface area contributed by atoms with Gasteiger partial charge in [0.1, 0.15) is 5.82 Å². The number of nitrogens with zero attached hydrogens (tertiary/aromatic N) is 2. The van der Waals surface area contributed by atoms with E-state index in [4.69, 9.17) is 0 Å². The monoisotopic (exact) mass is 218 g/mol. The fourth-order valence-electron chi connectivity index (χ4n) is 1.66. The second-order valence-electron chi connectivity index (χ2n) is 3.77. The van der Waals surface area contributed by atoms with Crippen LogP contribution in [0.25, 0.3) is 11.4 Å². The van der Waals surface area contributed by atoms with Gasteiger partial charge in [-0.15, -0.1) is 12.6 Å². The lowest BCUT2D eigenvalue weighted by atomic mass is 10.2. The molecule has 0 saturated heterocycles. The average molecular weight is 218 g/mol. The van der Waals surface area contributed by atoms with Crippen LogP contribution in [0.3, 0.4) is 0 Å². The third-order valence-electron chi connectivity index (χ3n) is 2.33. The van der Waals surface area contributed by atoms with Crippen molar-refractivity contribution in [3.63, 3.8) is 0 Å². The molecule has 0 saturated carbocycles. The predicted molar refractivity (Wildman–Crippen MR) is 65.3 cm³/mol. The van der Waals surface area contributed by atoms with Crippen molar-refractivity contribution in [3.8, 4) is 11.4 Å². The summed E-state index contributed by atoms with van der Waals surface area (Å²) in [4.78, 5) is 4.39. The van der Waals surface area contributed by atoms with E-state index in [0.717, 1.165) is 16.4 Å². The Morgan fingerprint density at radius 1 is 1.20 bits per heavy atom. The molecule has 2 rings (SSSR count). The molecule has 0 aliphatic heterocycles. The van der Waals surface area contributed by atoms with Crippen LogP contribution in [0.1, 0.15) is 19.9 Å². The van der Waals surface area contributed by atoms with Crippen molar-refractivity contribution in [2.24, 2.45) is 0 Å². The largest absolute Gasteiger partial charge is 0.317 e. The maximum absolute atomic E-state index is 4.41. The topological polar surface area (TPSA) is 17.8 Å². The van der Waals surface area contributed by atoms with Gasteiger partial charge < -0.3 is 4.57 Å². The number of benzene rings is 1. The van der Waals surface area contributed by atoms with E-state index in [-0.39, 0.29) is 0 Å². The first-order chi connectivity index (χ1) is 7.20. The summed E-state index contributed by atoms with van der Waals surface area (Å²) in [5.74, 6) is 0.982. The minimum Gasteiger partial charge on any atom is -0.317 e. The molecule has 78 valence electrons. The number of hydrogen-bond donors (Lipinski definition) is 1. The van der Waals surface area contributed by atoms with Gasteiger partial charge in [0, 0.05) is 11.6 Å². The maximum Gasteiger partial charge on any atom is 0.141 e. The highest BCUT2D eigenvalue weighted by Gasteiger charge is 2.11. The van der Waals surface area contributed by atoms with Gasteiger partial charge in [-0.3, -0.25) is 0 Å². The Balaban J connectivity index is 2.54. The van der Waals surface area contributed by atoms with Crippen LogP contribution < -0.4 is 0 Å². The van der Waals surface area contributed by atoms with Crippen molar-refractivity contribution in [2.45, 2.75) is 24.9 Å². The van der Waals surface area contributed by atoms with Crippen molar-refractivity contribution in [1.82, 2.24) is 9.55 Å². The van der Waals surface area contributed by atoms with Crippen LogP contribution in [0, 0.1) is 0 Å². The molecule has 0 spiro atoms. The van der Waals surface area contributed by atoms with E-state index in [0.29, 0.717) is 6.04 Å². The highest BCUT2D eigenvalue weighted by molar-refractivity contribution is 7.80. The minimum absolute atomic E-state index is 0.371. The smallest absolute Gasteiger partial charge is 0.141 e. The van der Waals surface area contributed by atoms with Crippen molar-refractivity contribution in [3.05, 3.63) is 36.5 Å². The van der Waals surface area contributed by atoms with Crippen molar-refractivity contribution in [1.29, 1.82) is 0 Å². The molecule has 0 amide bonds. The fraction of sp³-hybridized carbons (Fsp3) is 0.250. The Kier molecular flexibility index (Phi) is 2.82. The molecule has 0 aliphatic rings. The quantitative estimate of drug-likeness (QED) is 0.765. The number of aromatic nitrogens is 2. The molecule has 3 heteroatoms. The molecule has 1 aromatic heterocycles. The van der Waals surface area contributed by atoms with Crippen LogP contribution >= 0.6 is 12.6 Å². The normalized spacial score (nSPS) is 10.9. The summed E-state index contributed by atoms with van der Waals surface area (Å²) < 4.78 is 2.12. The summed E-state index contributed by atoms with van der Waals surface area (Å²) in [7, 11) is 0. The molecule has 2 nitrogen and oxygen atoms in total. The molecule has 0 bridgehead atoms. The zero-order valence-corrected chi connectivity index (χ0v) is 9.78. The zero-order valence-electron chi connectivity index (χ0n) is 8.88.